The molecule has 0 heterocycles. The van der Waals surface area contributed by atoms with Gasteiger partial charge in [0.15, 0.2) is 0 Å². The summed E-state index contributed by atoms with van der Waals surface area (Å²) in [5.41, 5.74) is 1.86. The van der Waals surface area contributed by atoms with E-state index in [1.165, 1.54) is 24.3 Å². The van der Waals surface area contributed by atoms with Crippen LogP contribution in [0.5, 0.6) is 11.5 Å². The zero-order valence-corrected chi connectivity index (χ0v) is 17.4. The maximum Gasteiger partial charge on any atom is 0.269 e. The summed E-state index contributed by atoms with van der Waals surface area (Å²) in [6.07, 6.45) is 0. The third kappa shape index (κ3) is 5.06. The zero-order chi connectivity index (χ0) is 22.6. The molecule has 3 aromatic carbocycles. The molecule has 0 atom stereocenters. The number of anilines is 1. The molecule has 0 unspecified atom stereocenters. The summed E-state index contributed by atoms with van der Waals surface area (Å²) in [5, 5.41) is 23.0. The molecule has 0 aliphatic rings. The van der Waals surface area contributed by atoms with Crippen molar-refractivity contribution in [2.75, 3.05) is 5.32 Å². The number of nitrogens with zero attached hydrogens (tertiary/aromatic N) is 2. The normalized spacial score (nSPS) is 10.8. The first-order valence-electron chi connectivity index (χ1n) is 9.56. The number of non-ortho nitro benzene ring substituents is 1. The van der Waals surface area contributed by atoms with E-state index in [9.17, 15) is 20.2 Å². The smallest absolute Gasteiger partial charge is 0.269 e. The molecule has 7 nitrogen and oxygen atoms in total. The summed E-state index contributed by atoms with van der Waals surface area (Å²) in [6, 6.07) is 20.2. The SMILES string of the molecule is Cc1ccc(NC(=O)c2cccc(C(C)(C)C#N)c2)cc1Oc1ccc([N+](=O)[O-])cc1. The molecule has 0 bridgehead atoms. The fourth-order valence-electron chi connectivity index (χ4n) is 2.87. The lowest BCUT2D eigenvalue weighted by Gasteiger charge is -2.16. The summed E-state index contributed by atoms with van der Waals surface area (Å²) in [6.45, 7) is 5.46. The molecule has 3 aromatic rings. The van der Waals surface area contributed by atoms with Gasteiger partial charge in [-0.2, -0.15) is 5.26 Å². The largest absolute Gasteiger partial charge is 0.457 e. The fraction of sp³-hybridized carbons (Fsp3) is 0.167. The van der Waals surface area contributed by atoms with Gasteiger partial charge in [-0.05, 0) is 62.2 Å². The molecule has 3 rings (SSSR count). The van der Waals surface area contributed by atoms with E-state index in [0.717, 1.165) is 11.1 Å². The van der Waals surface area contributed by atoms with Crippen LogP contribution in [0.3, 0.4) is 0 Å². The molecule has 1 amide bonds. The lowest BCUT2D eigenvalue weighted by atomic mass is 9.85. The molecule has 0 aliphatic carbocycles. The standard InChI is InChI=1S/C24H21N3O4/c1-16-7-8-19(14-22(16)31-21-11-9-20(10-12-21)27(29)30)26-23(28)17-5-4-6-18(13-17)24(2,3)15-25/h4-14H,1-3H3,(H,26,28). The molecule has 31 heavy (non-hydrogen) atoms. The van der Waals surface area contributed by atoms with Crippen molar-refractivity contribution in [3.8, 4) is 17.6 Å². The first kappa shape index (κ1) is 21.5. The first-order chi connectivity index (χ1) is 14.7. The van der Waals surface area contributed by atoms with Gasteiger partial charge in [0, 0.05) is 29.4 Å². The number of nitro groups is 1. The quantitative estimate of drug-likeness (QED) is 0.408. The van der Waals surface area contributed by atoms with Crippen LogP contribution in [0, 0.1) is 28.4 Å². The molecule has 0 fully saturated rings. The number of rotatable bonds is 6. The second kappa shape index (κ2) is 8.67. The van der Waals surface area contributed by atoms with Gasteiger partial charge in [0.25, 0.3) is 11.6 Å². The Morgan fingerprint density at radius 3 is 2.45 bits per heavy atom. The van der Waals surface area contributed by atoms with Crippen LogP contribution in [0.2, 0.25) is 0 Å². The monoisotopic (exact) mass is 415 g/mol. The molecule has 0 saturated carbocycles. The summed E-state index contributed by atoms with van der Waals surface area (Å²) in [4.78, 5) is 23.1. The highest BCUT2D eigenvalue weighted by Gasteiger charge is 2.21. The Balaban J connectivity index is 1.79. The van der Waals surface area contributed by atoms with Crippen LogP contribution in [0.1, 0.15) is 35.3 Å². The summed E-state index contributed by atoms with van der Waals surface area (Å²) in [7, 11) is 0. The third-order valence-electron chi connectivity index (χ3n) is 4.85. The number of carbonyl (C=O) groups is 1. The second-order valence-electron chi connectivity index (χ2n) is 7.61. The molecule has 0 aromatic heterocycles. The Kier molecular flexibility index (Phi) is 6.02. The van der Waals surface area contributed by atoms with E-state index in [4.69, 9.17) is 4.74 Å². The number of carbonyl (C=O) groups excluding carboxylic acids is 1. The minimum Gasteiger partial charge on any atom is -0.457 e. The van der Waals surface area contributed by atoms with Gasteiger partial charge in [0.2, 0.25) is 0 Å². The van der Waals surface area contributed by atoms with E-state index in [-0.39, 0.29) is 11.6 Å². The molecule has 0 spiro atoms. The average Bonchev–Trinajstić information content (AvgIpc) is 2.76. The highest BCUT2D eigenvalue weighted by Crippen LogP contribution is 2.29. The maximum atomic E-state index is 12.7. The van der Waals surface area contributed by atoms with Crippen molar-refractivity contribution in [2.24, 2.45) is 0 Å². The highest BCUT2D eigenvalue weighted by atomic mass is 16.6. The van der Waals surface area contributed by atoms with E-state index in [1.807, 2.05) is 19.1 Å². The van der Waals surface area contributed by atoms with Gasteiger partial charge in [0.1, 0.15) is 11.5 Å². The number of hydrogen-bond donors (Lipinski definition) is 1. The van der Waals surface area contributed by atoms with Crippen molar-refractivity contribution >= 4 is 17.3 Å². The van der Waals surface area contributed by atoms with Gasteiger partial charge in [-0.1, -0.05) is 18.2 Å². The number of hydrogen-bond acceptors (Lipinski definition) is 5. The number of nitriles is 1. The summed E-state index contributed by atoms with van der Waals surface area (Å²) in [5.74, 6) is 0.662. The molecule has 7 heteroatoms. The third-order valence-corrected chi connectivity index (χ3v) is 4.85. The second-order valence-corrected chi connectivity index (χ2v) is 7.61. The Bertz CT molecular complexity index is 1180. The minimum atomic E-state index is -0.702. The lowest BCUT2D eigenvalue weighted by Crippen LogP contribution is -2.17. The molecule has 1 N–H and O–H groups in total. The van der Waals surface area contributed by atoms with Crippen molar-refractivity contribution < 1.29 is 14.5 Å². The van der Waals surface area contributed by atoms with Crippen molar-refractivity contribution in [1.82, 2.24) is 0 Å². The number of aryl methyl sites for hydroxylation is 1. The summed E-state index contributed by atoms with van der Waals surface area (Å²) < 4.78 is 5.84. The lowest BCUT2D eigenvalue weighted by molar-refractivity contribution is -0.384. The summed E-state index contributed by atoms with van der Waals surface area (Å²) >= 11 is 0. The highest BCUT2D eigenvalue weighted by molar-refractivity contribution is 6.04. The van der Waals surface area contributed by atoms with Crippen LogP contribution in [-0.4, -0.2) is 10.8 Å². The van der Waals surface area contributed by atoms with E-state index in [2.05, 4.69) is 11.4 Å². The molecular weight excluding hydrogens is 394 g/mol. The van der Waals surface area contributed by atoms with Crippen molar-refractivity contribution in [3.05, 3.63) is 93.5 Å². The van der Waals surface area contributed by atoms with Gasteiger partial charge >= 0.3 is 0 Å². The van der Waals surface area contributed by atoms with Gasteiger partial charge in [-0.3, -0.25) is 14.9 Å². The van der Waals surface area contributed by atoms with E-state index in [0.29, 0.717) is 22.7 Å². The Hall–Kier alpha value is -4.18. The molecule has 0 saturated heterocycles. The van der Waals surface area contributed by atoms with Gasteiger partial charge in [0.05, 0.1) is 16.4 Å². The van der Waals surface area contributed by atoms with Crippen LogP contribution in [0.25, 0.3) is 0 Å². The maximum absolute atomic E-state index is 12.7. The van der Waals surface area contributed by atoms with Crippen LogP contribution in [-0.2, 0) is 5.41 Å². The predicted molar refractivity (Wildman–Crippen MR) is 117 cm³/mol. The molecular formula is C24H21N3O4. The number of benzene rings is 3. The predicted octanol–water partition coefficient (Wildman–Crippen LogP) is 5.75. The Morgan fingerprint density at radius 2 is 1.81 bits per heavy atom. The van der Waals surface area contributed by atoms with Crippen molar-refractivity contribution in [3.63, 3.8) is 0 Å². The number of ether oxygens (including phenoxy) is 1. The van der Waals surface area contributed by atoms with Crippen LogP contribution >= 0.6 is 0 Å². The van der Waals surface area contributed by atoms with Crippen molar-refractivity contribution in [1.29, 1.82) is 5.26 Å². The van der Waals surface area contributed by atoms with Gasteiger partial charge in [-0.25, -0.2) is 0 Å². The molecule has 0 aliphatic heterocycles. The van der Waals surface area contributed by atoms with E-state index >= 15 is 0 Å². The van der Waals surface area contributed by atoms with Crippen LogP contribution in [0.15, 0.2) is 66.7 Å². The number of amides is 1. The molecule has 0 radical (unpaired) electrons. The minimum absolute atomic E-state index is 0.0214. The van der Waals surface area contributed by atoms with Gasteiger partial charge in [-0.15, -0.1) is 0 Å². The molecule has 156 valence electrons. The fourth-order valence-corrected chi connectivity index (χ4v) is 2.87. The number of nitro benzene ring substituents is 1. The van der Waals surface area contributed by atoms with Gasteiger partial charge < -0.3 is 10.1 Å². The topological polar surface area (TPSA) is 105 Å². The zero-order valence-electron chi connectivity index (χ0n) is 17.4. The van der Waals surface area contributed by atoms with E-state index in [1.54, 1.807) is 44.2 Å². The first-order valence-corrected chi connectivity index (χ1v) is 9.56. The van der Waals surface area contributed by atoms with E-state index < -0.39 is 10.3 Å². The Morgan fingerprint density at radius 1 is 1.10 bits per heavy atom. The van der Waals surface area contributed by atoms with Crippen LogP contribution < -0.4 is 10.1 Å². The number of nitrogens with one attached hydrogen (secondary N) is 1. The van der Waals surface area contributed by atoms with Crippen molar-refractivity contribution in [2.45, 2.75) is 26.2 Å². The van der Waals surface area contributed by atoms with Crippen LogP contribution in [0.4, 0.5) is 11.4 Å². The Labute approximate surface area is 180 Å². The average molecular weight is 415 g/mol.